The number of carbonyl (C=O) groups is 1. The van der Waals surface area contributed by atoms with E-state index < -0.39 is 0 Å². The van der Waals surface area contributed by atoms with E-state index in [1.807, 2.05) is 42.5 Å². The Morgan fingerprint density at radius 2 is 1.96 bits per heavy atom. The van der Waals surface area contributed by atoms with Crippen LogP contribution in [-0.4, -0.2) is 35.4 Å². The molecule has 2 aromatic carbocycles. The number of hydrogen-bond donors (Lipinski definition) is 1. The van der Waals surface area contributed by atoms with Crippen LogP contribution in [0.2, 0.25) is 0 Å². The van der Waals surface area contributed by atoms with Gasteiger partial charge >= 0.3 is 0 Å². The van der Waals surface area contributed by atoms with E-state index in [1.165, 1.54) is 5.56 Å². The van der Waals surface area contributed by atoms with Gasteiger partial charge in [-0.1, -0.05) is 49.4 Å². The summed E-state index contributed by atoms with van der Waals surface area (Å²) < 4.78 is 0. The zero-order valence-corrected chi connectivity index (χ0v) is 14.2. The monoisotopic (exact) mass is 323 g/mol. The summed E-state index contributed by atoms with van der Waals surface area (Å²) >= 11 is 0. The number of rotatable bonds is 5. The lowest BCUT2D eigenvalue weighted by Gasteiger charge is -2.37. The molecule has 3 nitrogen and oxygen atoms in total. The number of phenols is 1. The van der Waals surface area contributed by atoms with Gasteiger partial charge < -0.3 is 10.0 Å². The summed E-state index contributed by atoms with van der Waals surface area (Å²) in [6.45, 7) is 5.10. The van der Waals surface area contributed by atoms with Crippen molar-refractivity contribution in [2.45, 2.75) is 25.7 Å². The third-order valence-electron chi connectivity index (χ3n) is 5.04. The summed E-state index contributed by atoms with van der Waals surface area (Å²) in [6, 6.07) is 17.2. The quantitative estimate of drug-likeness (QED) is 0.843. The Balaban J connectivity index is 1.53. The zero-order chi connectivity index (χ0) is 16.9. The second-order valence-electron chi connectivity index (χ2n) is 6.81. The van der Waals surface area contributed by atoms with Crippen molar-refractivity contribution in [2.24, 2.45) is 5.92 Å². The lowest BCUT2D eigenvalue weighted by Crippen LogP contribution is -2.39. The van der Waals surface area contributed by atoms with E-state index in [9.17, 15) is 9.90 Å². The van der Waals surface area contributed by atoms with Crippen LogP contribution in [0.5, 0.6) is 5.75 Å². The van der Waals surface area contributed by atoms with Gasteiger partial charge in [-0.05, 0) is 42.5 Å². The average Bonchev–Trinajstić information content (AvgIpc) is 2.60. The van der Waals surface area contributed by atoms with E-state index in [4.69, 9.17) is 0 Å². The van der Waals surface area contributed by atoms with E-state index in [0.29, 0.717) is 24.0 Å². The number of phenolic OH excluding ortho intramolecular Hbond substituents is 1. The molecule has 126 valence electrons. The fourth-order valence-corrected chi connectivity index (χ4v) is 3.71. The van der Waals surface area contributed by atoms with Gasteiger partial charge in [0.15, 0.2) is 5.78 Å². The summed E-state index contributed by atoms with van der Waals surface area (Å²) in [5.41, 5.74) is 2.03. The van der Waals surface area contributed by atoms with Crippen LogP contribution in [0.15, 0.2) is 54.6 Å². The van der Waals surface area contributed by atoms with Crippen molar-refractivity contribution in [3.63, 3.8) is 0 Å². The highest BCUT2D eigenvalue weighted by Gasteiger charge is 2.27. The topological polar surface area (TPSA) is 40.5 Å². The van der Waals surface area contributed by atoms with Crippen molar-refractivity contribution in [1.29, 1.82) is 0 Å². The lowest BCUT2D eigenvalue weighted by atomic mass is 9.81. The SMILES string of the molecule is C[C@@H]1CN(CCC(=O)c2ccccc2)CC[C@@H]1c1cccc(O)c1. The highest BCUT2D eigenvalue weighted by Crippen LogP contribution is 2.34. The Morgan fingerprint density at radius 1 is 1.17 bits per heavy atom. The molecule has 0 bridgehead atoms. The number of benzene rings is 2. The number of hydrogen-bond acceptors (Lipinski definition) is 3. The minimum absolute atomic E-state index is 0.221. The molecule has 0 amide bonds. The van der Waals surface area contributed by atoms with Crippen LogP contribution in [0, 0.1) is 5.92 Å². The second kappa shape index (κ2) is 7.63. The number of Topliss-reactive ketones (excluding diaryl/α,β-unsaturated/α-hetero) is 1. The molecule has 3 heteroatoms. The van der Waals surface area contributed by atoms with Gasteiger partial charge in [0.1, 0.15) is 5.75 Å². The van der Waals surface area contributed by atoms with Gasteiger partial charge in [-0.15, -0.1) is 0 Å². The third kappa shape index (κ3) is 4.04. The van der Waals surface area contributed by atoms with E-state index in [-0.39, 0.29) is 5.78 Å². The Morgan fingerprint density at radius 3 is 2.67 bits per heavy atom. The molecule has 2 atom stereocenters. The van der Waals surface area contributed by atoms with Crippen molar-refractivity contribution in [2.75, 3.05) is 19.6 Å². The first-order valence-corrected chi connectivity index (χ1v) is 8.73. The number of likely N-dealkylation sites (tertiary alicyclic amines) is 1. The fourth-order valence-electron chi connectivity index (χ4n) is 3.71. The van der Waals surface area contributed by atoms with E-state index >= 15 is 0 Å². The van der Waals surface area contributed by atoms with Gasteiger partial charge in [0.25, 0.3) is 0 Å². The van der Waals surface area contributed by atoms with Gasteiger partial charge in [0.05, 0.1) is 0 Å². The van der Waals surface area contributed by atoms with Crippen LogP contribution < -0.4 is 0 Å². The third-order valence-corrected chi connectivity index (χ3v) is 5.04. The maximum Gasteiger partial charge on any atom is 0.164 e. The number of nitrogens with zero attached hydrogens (tertiary/aromatic N) is 1. The highest BCUT2D eigenvalue weighted by atomic mass is 16.3. The van der Waals surface area contributed by atoms with Crippen LogP contribution in [-0.2, 0) is 0 Å². The normalized spacial score (nSPS) is 21.5. The minimum Gasteiger partial charge on any atom is -0.508 e. The fraction of sp³-hybridized carbons (Fsp3) is 0.381. The van der Waals surface area contributed by atoms with Crippen molar-refractivity contribution in [3.05, 3.63) is 65.7 Å². The predicted molar refractivity (Wildman–Crippen MR) is 96.5 cm³/mol. The van der Waals surface area contributed by atoms with Crippen LogP contribution in [0.3, 0.4) is 0 Å². The van der Waals surface area contributed by atoms with E-state index in [0.717, 1.165) is 31.6 Å². The molecule has 0 spiro atoms. The maximum atomic E-state index is 12.2. The smallest absolute Gasteiger partial charge is 0.164 e. The lowest BCUT2D eigenvalue weighted by molar-refractivity contribution is 0.0942. The van der Waals surface area contributed by atoms with Crippen molar-refractivity contribution in [3.8, 4) is 5.75 Å². The first-order valence-electron chi connectivity index (χ1n) is 8.73. The molecule has 24 heavy (non-hydrogen) atoms. The molecular formula is C21H25NO2. The molecule has 1 saturated heterocycles. The van der Waals surface area contributed by atoms with Crippen LogP contribution in [0.25, 0.3) is 0 Å². The Hall–Kier alpha value is -2.13. The minimum atomic E-state index is 0.221. The molecule has 0 aromatic heterocycles. The summed E-state index contributed by atoms with van der Waals surface area (Å²) in [4.78, 5) is 14.6. The molecule has 1 fully saturated rings. The summed E-state index contributed by atoms with van der Waals surface area (Å²) in [5.74, 6) is 1.57. The molecular weight excluding hydrogens is 298 g/mol. The van der Waals surface area contributed by atoms with Gasteiger partial charge in [-0.2, -0.15) is 0 Å². The first kappa shape index (κ1) is 16.7. The molecule has 1 N–H and O–H groups in total. The van der Waals surface area contributed by atoms with Crippen molar-refractivity contribution in [1.82, 2.24) is 4.90 Å². The molecule has 1 heterocycles. The highest BCUT2D eigenvalue weighted by molar-refractivity contribution is 5.96. The Labute approximate surface area is 143 Å². The molecule has 3 rings (SSSR count). The molecule has 0 unspecified atom stereocenters. The largest absolute Gasteiger partial charge is 0.508 e. The summed E-state index contributed by atoms with van der Waals surface area (Å²) in [7, 11) is 0. The molecule has 1 aliphatic heterocycles. The Kier molecular flexibility index (Phi) is 5.31. The molecule has 1 aliphatic rings. The van der Waals surface area contributed by atoms with Gasteiger partial charge in [-0.3, -0.25) is 4.79 Å². The number of aromatic hydroxyl groups is 1. The standard InChI is InChI=1S/C21H25NO2/c1-16-15-22(13-11-21(24)17-6-3-2-4-7-17)12-10-20(16)18-8-5-9-19(23)14-18/h2-9,14,16,20,23H,10-13,15H2,1H3/t16-,20+/m1/s1. The summed E-state index contributed by atoms with van der Waals surface area (Å²) in [6.07, 6.45) is 1.65. The van der Waals surface area contributed by atoms with Crippen molar-refractivity contribution >= 4 is 5.78 Å². The molecule has 0 aliphatic carbocycles. The number of carbonyl (C=O) groups excluding carboxylic acids is 1. The second-order valence-corrected chi connectivity index (χ2v) is 6.81. The van der Waals surface area contributed by atoms with Gasteiger partial charge in [-0.25, -0.2) is 0 Å². The van der Waals surface area contributed by atoms with Crippen LogP contribution in [0.1, 0.15) is 41.6 Å². The maximum absolute atomic E-state index is 12.2. The predicted octanol–water partition coefficient (Wildman–Crippen LogP) is 4.09. The zero-order valence-electron chi connectivity index (χ0n) is 14.2. The molecule has 0 saturated carbocycles. The van der Waals surface area contributed by atoms with Gasteiger partial charge in [0, 0.05) is 25.1 Å². The van der Waals surface area contributed by atoms with Crippen LogP contribution >= 0.6 is 0 Å². The summed E-state index contributed by atoms with van der Waals surface area (Å²) in [5, 5.41) is 9.69. The Bertz CT molecular complexity index is 683. The number of piperidine rings is 1. The first-order chi connectivity index (χ1) is 11.6. The van der Waals surface area contributed by atoms with Gasteiger partial charge in [0.2, 0.25) is 0 Å². The molecule has 0 radical (unpaired) electrons. The van der Waals surface area contributed by atoms with Crippen molar-refractivity contribution < 1.29 is 9.90 Å². The average molecular weight is 323 g/mol. The molecule has 2 aromatic rings. The van der Waals surface area contributed by atoms with E-state index in [1.54, 1.807) is 6.07 Å². The van der Waals surface area contributed by atoms with E-state index in [2.05, 4.69) is 17.9 Å². The van der Waals surface area contributed by atoms with Crippen LogP contribution in [0.4, 0.5) is 0 Å². The number of ketones is 1.